The number of aryl methyl sites for hydroxylation is 1. The molecular weight excluding hydrogens is 420 g/mol. The van der Waals surface area contributed by atoms with Gasteiger partial charge in [0.15, 0.2) is 0 Å². The van der Waals surface area contributed by atoms with Crippen LogP contribution in [0.2, 0.25) is 5.02 Å². The summed E-state index contributed by atoms with van der Waals surface area (Å²) in [4.78, 5) is 36.8. The number of likely N-dealkylation sites (tertiary alicyclic amines) is 1. The number of halogens is 1. The number of nitrogens with one attached hydrogen (secondary N) is 2. The fourth-order valence-electron chi connectivity index (χ4n) is 3.55. The lowest BCUT2D eigenvalue weighted by atomic mass is 10.0. The largest absolute Gasteiger partial charge is 0.353 e. The number of carbonyl (C=O) groups excluding carboxylic acids is 2. The van der Waals surface area contributed by atoms with Crippen LogP contribution in [0.4, 0.5) is 11.4 Å². The number of benzene rings is 2. The number of nitrogens with zero attached hydrogens (tertiary/aromatic N) is 2. The van der Waals surface area contributed by atoms with E-state index >= 15 is 0 Å². The van der Waals surface area contributed by atoms with E-state index in [1.165, 1.54) is 18.2 Å². The van der Waals surface area contributed by atoms with Gasteiger partial charge in [-0.1, -0.05) is 41.9 Å². The quantitative estimate of drug-likeness (QED) is 0.479. The van der Waals surface area contributed by atoms with E-state index in [-0.39, 0.29) is 35.1 Å². The van der Waals surface area contributed by atoms with Gasteiger partial charge in [0.05, 0.1) is 22.2 Å². The molecule has 9 heteroatoms. The van der Waals surface area contributed by atoms with Crippen molar-refractivity contribution in [3.05, 3.63) is 69.2 Å². The summed E-state index contributed by atoms with van der Waals surface area (Å²) in [7, 11) is 0. The van der Waals surface area contributed by atoms with Crippen LogP contribution in [-0.4, -0.2) is 47.3 Å². The van der Waals surface area contributed by atoms with Crippen molar-refractivity contribution in [2.45, 2.75) is 31.7 Å². The van der Waals surface area contributed by atoms with Gasteiger partial charge in [0.25, 0.3) is 5.69 Å². The molecule has 8 nitrogen and oxygen atoms in total. The van der Waals surface area contributed by atoms with E-state index in [2.05, 4.69) is 10.6 Å². The summed E-state index contributed by atoms with van der Waals surface area (Å²) in [6.45, 7) is 1.60. The van der Waals surface area contributed by atoms with E-state index in [1.807, 2.05) is 35.2 Å². The van der Waals surface area contributed by atoms with Gasteiger partial charge < -0.3 is 10.6 Å². The fourth-order valence-corrected chi connectivity index (χ4v) is 3.77. The topological polar surface area (TPSA) is 105 Å². The molecular formula is C22H25ClN4O4. The van der Waals surface area contributed by atoms with Crippen molar-refractivity contribution in [1.82, 2.24) is 10.2 Å². The van der Waals surface area contributed by atoms with Crippen molar-refractivity contribution in [2.75, 3.05) is 25.0 Å². The van der Waals surface area contributed by atoms with Crippen molar-refractivity contribution in [2.24, 2.45) is 0 Å². The molecule has 1 aliphatic rings. The van der Waals surface area contributed by atoms with Crippen LogP contribution in [0.5, 0.6) is 0 Å². The average molecular weight is 445 g/mol. The molecule has 2 aromatic carbocycles. The maximum Gasteiger partial charge on any atom is 0.271 e. The van der Waals surface area contributed by atoms with E-state index in [9.17, 15) is 19.7 Å². The highest BCUT2D eigenvalue weighted by molar-refractivity contribution is 6.34. The third-order valence-electron chi connectivity index (χ3n) is 5.24. The van der Waals surface area contributed by atoms with E-state index in [1.54, 1.807) is 0 Å². The molecule has 2 amide bonds. The zero-order chi connectivity index (χ0) is 22.2. The van der Waals surface area contributed by atoms with Gasteiger partial charge in [-0.3, -0.25) is 24.6 Å². The van der Waals surface area contributed by atoms with Gasteiger partial charge in [0.1, 0.15) is 0 Å². The molecule has 3 rings (SSSR count). The molecule has 0 spiro atoms. The highest BCUT2D eigenvalue weighted by Gasteiger charge is 2.22. The Kier molecular flexibility index (Phi) is 7.97. The number of rotatable bonds is 8. The molecule has 0 atom stereocenters. The second-order valence-electron chi connectivity index (χ2n) is 7.57. The molecule has 2 aromatic rings. The van der Waals surface area contributed by atoms with Crippen LogP contribution in [0.1, 0.15) is 24.8 Å². The van der Waals surface area contributed by atoms with Crippen molar-refractivity contribution in [1.29, 1.82) is 0 Å². The second kappa shape index (κ2) is 10.9. The SMILES string of the molecule is O=C(CN1CCC(NC(=O)CCc2ccccc2)CC1)Nc1ccc([N+](=O)[O-])cc1Cl. The van der Waals surface area contributed by atoms with Crippen LogP contribution in [0.25, 0.3) is 0 Å². The highest BCUT2D eigenvalue weighted by atomic mass is 35.5. The zero-order valence-corrected chi connectivity index (χ0v) is 17.8. The number of hydrogen-bond donors (Lipinski definition) is 2. The van der Waals surface area contributed by atoms with Crippen LogP contribution in [0, 0.1) is 10.1 Å². The Morgan fingerprint density at radius 1 is 1.10 bits per heavy atom. The lowest BCUT2D eigenvalue weighted by molar-refractivity contribution is -0.384. The second-order valence-corrected chi connectivity index (χ2v) is 7.98. The number of anilines is 1. The van der Waals surface area contributed by atoms with Gasteiger partial charge in [0.2, 0.25) is 11.8 Å². The lowest BCUT2D eigenvalue weighted by Gasteiger charge is -2.31. The predicted octanol–water partition coefficient (Wildman–Crippen LogP) is 3.40. The number of piperidine rings is 1. The smallest absolute Gasteiger partial charge is 0.271 e. The Bertz CT molecular complexity index is 930. The minimum Gasteiger partial charge on any atom is -0.353 e. The van der Waals surface area contributed by atoms with Crippen LogP contribution >= 0.6 is 11.6 Å². The minimum atomic E-state index is -0.540. The van der Waals surface area contributed by atoms with Gasteiger partial charge in [-0.25, -0.2) is 0 Å². The van der Waals surface area contributed by atoms with Crippen LogP contribution in [0.15, 0.2) is 48.5 Å². The number of nitro groups is 1. The molecule has 0 saturated carbocycles. The molecule has 0 aliphatic carbocycles. The fraction of sp³-hybridized carbons (Fsp3) is 0.364. The molecule has 0 aromatic heterocycles. The predicted molar refractivity (Wildman–Crippen MR) is 119 cm³/mol. The normalized spacial score (nSPS) is 14.7. The first-order valence-corrected chi connectivity index (χ1v) is 10.6. The van der Waals surface area contributed by atoms with E-state index in [0.717, 1.165) is 24.8 Å². The number of carbonyl (C=O) groups is 2. The van der Waals surface area contributed by atoms with Gasteiger partial charge in [-0.2, -0.15) is 0 Å². The molecule has 0 unspecified atom stereocenters. The number of hydrogen-bond acceptors (Lipinski definition) is 5. The van der Waals surface area contributed by atoms with Crippen molar-refractivity contribution in [3.63, 3.8) is 0 Å². The molecule has 0 radical (unpaired) electrons. The van der Waals surface area contributed by atoms with Crippen molar-refractivity contribution >= 4 is 34.8 Å². The van der Waals surface area contributed by atoms with Crippen LogP contribution in [0.3, 0.4) is 0 Å². The molecule has 2 N–H and O–H groups in total. The van der Waals surface area contributed by atoms with Crippen LogP contribution in [-0.2, 0) is 16.0 Å². The number of nitro benzene ring substituents is 1. The van der Waals surface area contributed by atoms with Gasteiger partial charge >= 0.3 is 0 Å². The summed E-state index contributed by atoms with van der Waals surface area (Å²) in [5.41, 5.74) is 1.36. The van der Waals surface area contributed by atoms with Gasteiger partial charge in [-0.15, -0.1) is 0 Å². The molecule has 164 valence electrons. The van der Waals surface area contributed by atoms with Crippen LogP contribution < -0.4 is 10.6 Å². The zero-order valence-electron chi connectivity index (χ0n) is 17.1. The summed E-state index contributed by atoms with van der Waals surface area (Å²) < 4.78 is 0. The average Bonchev–Trinajstić information content (AvgIpc) is 2.75. The molecule has 31 heavy (non-hydrogen) atoms. The summed E-state index contributed by atoms with van der Waals surface area (Å²) in [6.07, 6.45) is 2.74. The third kappa shape index (κ3) is 7.04. The van der Waals surface area contributed by atoms with Gasteiger partial charge in [-0.05, 0) is 30.9 Å². The number of non-ortho nitro benzene ring substituents is 1. The third-order valence-corrected chi connectivity index (χ3v) is 5.55. The first-order valence-electron chi connectivity index (χ1n) is 10.2. The van der Waals surface area contributed by atoms with Crippen molar-refractivity contribution in [3.8, 4) is 0 Å². The molecule has 1 heterocycles. The van der Waals surface area contributed by atoms with E-state index < -0.39 is 4.92 Å². The van der Waals surface area contributed by atoms with E-state index in [4.69, 9.17) is 11.6 Å². The van der Waals surface area contributed by atoms with Crippen molar-refractivity contribution < 1.29 is 14.5 Å². The number of amides is 2. The molecule has 1 aliphatic heterocycles. The Morgan fingerprint density at radius 3 is 2.45 bits per heavy atom. The Balaban J connectivity index is 1.38. The summed E-state index contributed by atoms with van der Waals surface area (Å²) in [5.74, 6) is -0.186. The Labute approximate surface area is 185 Å². The maximum atomic E-state index is 12.3. The monoisotopic (exact) mass is 444 g/mol. The molecule has 1 fully saturated rings. The van der Waals surface area contributed by atoms with Gasteiger partial charge in [0, 0.05) is 37.7 Å². The first kappa shape index (κ1) is 22.7. The Hall–Kier alpha value is -2.97. The Morgan fingerprint density at radius 2 is 1.81 bits per heavy atom. The summed E-state index contributed by atoms with van der Waals surface area (Å²) in [6, 6.07) is 14.0. The molecule has 1 saturated heterocycles. The van der Waals surface area contributed by atoms with E-state index in [0.29, 0.717) is 25.2 Å². The lowest BCUT2D eigenvalue weighted by Crippen LogP contribution is -2.46. The standard InChI is InChI=1S/C22H25ClN4O4/c23-19-14-18(27(30)31)7-8-20(19)25-22(29)15-26-12-10-17(11-13-26)24-21(28)9-6-16-4-2-1-3-5-16/h1-5,7-8,14,17H,6,9-13,15H2,(H,24,28)(H,25,29). The maximum absolute atomic E-state index is 12.3. The first-order chi connectivity index (χ1) is 14.9. The highest BCUT2D eigenvalue weighted by Crippen LogP contribution is 2.26. The minimum absolute atomic E-state index is 0.0489. The molecule has 0 bridgehead atoms. The summed E-state index contributed by atoms with van der Waals surface area (Å²) in [5, 5.41) is 16.7. The summed E-state index contributed by atoms with van der Waals surface area (Å²) >= 11 is 6.02.